The molecule has 0 unspecified atom stereocenters. The van der Waals surface area contributed by atoms with Gasteiger partial charge < -0.3 is 5.32 Å². The summed E-state index contributed by atoms with van der Waals surface area (Å²) in [6.07, 6.45) is 6.17. The van der Waals surface area contributed by atoms with Crippen LogP contribution in [0.5, 0.6) is 0 Å². The van der Waals surface area contributed by atoms with Gasteiger partial charge >= 0.3 is 0 Å². The van der Waals surface area contributed by atoms with Crippen molar-refractivity contribution in [3.8, 4) is 5.82 Å². The summed E-state index contributed by atoms with van der Waals surface area (Å²) in [6.45, 7) is 3.00. The summed E-state index contributed by atoms with van der Waals surface area (Å²) in [5.41, 5.74) is 1.26. The van der Waals surface area contributed by atoms with Crippen molar-refractivity contribution >= 4 is 15.9 Å². The van der Waals surface area contributed by atoms with E-state index in [1.165, 1.54) is 22.9 Å². The minimum atomic E-state index is -3.50. The van der Waals surface area contributed by atoms with Crippen LogP contribution in [0.25, 0.3) is 5.82 Å². The van der Waals surface area contributed by atoms with Crippen LogP contribution in [-0.4, -0.2) is 46.3 Å². The molecule has 1 aromatic carbocycles. The number of imidazole rings is 1. The molecule has 0 aliphatic carbocycles. The molecule has 8 nitrogen and oxygen atoms in total. The lowest BCUT2D eigenvalue weighted by Gasteiger charge is -2.15. The van der Waals surface area contributed by atoms with E-state index in [2.05, 4.69) is 15.3 Å². The number of benzene rings is 1. The van der Waals surface area contributed by atoms with Crippen molar-refractivity contribution in [2.45, 2.75) is 30.7 Å². The first kappa shape index (κ1) is 20.2. The van der Waals surface area contributed by atoms with Crippen LogP contribution in [0.15, 0.2) is 66.1 Å². The van der Waals surface area contributed by atoms with Crippen LogP contribution in [0, 0.1) is 0 Å². The monoisotopic (exact) mass is 425 g/mol. The van der Waals surface area contributed by atoms with Gasteiger partial charge in [0.25, 0.3) is 5.91 Å². The lowest BCUT2D eigenvalue weighted by atomic mass is 10.1. The summed E-state index contributed by atoms with van der Waals surface area (Å²) in [7, 11) is -3.50. The third-order valence-corrected chi connectivity index (χ3v) is 7.03. The highest BCUT2D eigenvalue weighted by molar-refractivity contribution is 7.89. The predicted octanol–water partition coefficient (Wildman–Crippen LogP) is 2.54. The predicted molar refractivity (Wildman–Crippen MR) is 112 cm³/mol. The molecule has 4 rings (SSSR count). The average Bonchev–Trinajstić information content (AvgIpc) is 3.47. The van der Waals surface area contributed by atoms with Gasteiger partial charge in [0.2, 0.25) is 10.0 Å². The summed E-state index contributed by atoms with van der Waals surface area (Å²) in [4.78, 5) is 21.1. The highest BCUT2D eigenvalue weighted by Crippen LogP contribution is 2.21. The van der Waals surface area contributed by atoms with Gasteiger partial charge in [0, 0.05) is 25.5 Å². The van der Waals surface area contributed by atoms with Crippen LogP contribution < -0.4 is 5.32 Å². The number of amides is 1. The zero-order chi connectivity index (χ0) is 21.1. The van der Waals surface area contributed by atoms with Crippen LogP contribution in [0.4, 0.5) is 0 Å². The average molecular weight is 426 g/mol. The fourth-order valence-corrected chi connectivity index (χ4v) is 4.88. The van der Waals surface area contributed by atoms with Crippen molar-refractivity contribution in [3.63, 3.8) is 0 Å². The van der Waals surface area contributed by atoms with Crippen LogP contribution >= 0.6 is 0 Å². The molecule has 1 saturated heterocycles. The zero-order valence-corrected chi connectivity index (χ0v) is 17.4. The van der Waals surface area contributed by atoms with E-state index in [1.54, 1.807) is 16.8 Å². The molecule has 1 atom stereocenters. The van der Waals surface area contributed by atoms with E-state index in [0.717, 1.165) is 18.4 Å². The van der Waals surface area contributed by atoms with E-state index in [-0.39, 0.29) is 22.5 Å². The minimum absolute atomic E-state index is 0.156. The molecule has 2 aromatic heterocycles. The van der Waals surface area contributed by atoms with E-state index in [4.69, 9.17) is 0 Å². The number of pyridine rings is 1. The fourth-order valence-electron chi connectivity index (χ4n) is 3.42. The second-order valence-electron chi connectivity index (χ2n) is 7.24. The Morgan fingerprint density at radius 2 is 1.80 bits per heavy atom. The van der Waals surface area contributed by atoms with Crippen LogP contribution in [0.1, 0.15) is 41.9 Å². The highest BCUT2D eigenvalue weighted by Gasteiger charge is 2.27. The SMILES string of the molecule is C[C@H](NC(=O)c1cn(-c2ccc(S(=O)(=O)N3CCCC3)cn2)cn1)c1ccccc1. The normalized spacial score (nSPS) is 15.8. The van der Waals surface area contributed by atoms with Crippen LogP contribution in [0.2, 0.25) is 0 Å². The van der Waals surface area contributed by atoms with E-state index >= 15 is 0 Å². The molecule has 1 amide bonds. The Kier molecular flexibility index (Phi) is 5.65. The Balaban J connectivity index is 1.46. The number of hydrogen-bond donors (Lipinski definition) is 1. The van der Waals surface area contributed by atoms with E-state index in [0.29, 0.717) is 18.9 Å². The molecule has 1 aliphatic rings. The molecule has 3 heterocycles. The third kappa shape index (κ3) is 4.12. The maximum atomic E-state index is 12.6. The molecular weight excluding hydrogens is 402 g/mol. The number of sulfonamides is 1. The summed E-state index contributed by atoms with van der Waals surface area (Å²) in [6, 6.07) is 12.7. The lowest BCUT2D eigenvalue weighted by molar-refractivity contribution is 0.0935. The number of nitrogens with one attached hydrogen (secondary N) is 1. The molecule has 1 aliphatic heterocycles. The number of aromatic nitrogens is 3. The second kappa shape index (κ2) is 8.37. The van der Waals surface area contributed by atoms with Crippen molar-refractivity contribution in [3.05, 3.63) is 72.4 Å². The molecule has 1 N–H and O–H groups in total. The minimum Gasteiger partial charge on any atom is -0.344 e. The fraction of sp³-hybridized carbons (Fsp3) is 0.286. The Hall–Kier alpha value is -3.04. The number of carbonyl (C=O) groups excluding carboxylic acids is 1. The van der Waals surface area contributed by atoms with Crippen LogP contribution in [0.3, 0.4) is 0 Å². The van der Waals surface area contributed by atoms with Crippen molar-refractivity contribution in [2.24, 2.45) is 0 Å². The Morgan fingerprint density at radius 1 is 1.07 bits per heavy atom. The molecule has 0 saturated carbocycles. The van der Waals surface area contributed by atoms with Gasteiger partial charge in [-0.2, -0.15) is 4.31 Å². The zero-order valence-electron chi connectivity index (χ0n) is 16.6. The van der Waals surface area contributed by atoms with Gasteiger partial charge in [-0.15, -0.1) is 0 Å². The molecule has 9 heteroatoms. The maximum Gasteiger partial charge on any atom is 0.271 e. The second-order valence-corrected chi connectivity index (χ2v) is 9.17. The maximum absolute atomic E-state index is 12.6. The third-order valence-electron chi connectivity index (χ3n) is 5.15. The smallest absolute Gasteiger partial charge is 0.271 e. The van der Waals surface area contributed by atoms with Crippen molar-refractivity contribution in [1.82, 2.24) is 24.2 Å². The summed E-state index contributed by atoms with van der Waals surface area (Å²) >= 11 is 0. The molecule has 1 fully saturated rings. The van der Waals surface area contributed by atoms with Gasteiger partial charge in [0.15, 0.2) is 0 Å². The van der Waals surface area contributed by atoms with E-state index in [1.807, 2.05) is 37.3 Å². The number of rotatable bonds is 6. The van der Waals surface area contributed by atoms with Gasteiger partial charge in [0.1, 0.15) is 22.7 Å². The topological polar surface area (TPSA) is 97.2 Å². The summed E-state index contributed by atoms with van der Waals surface area (Å²) < 4.78 is 28.3. The van der Waals surface area contributed by atoms with Gasteiger partial charge in [-0.3, -0.25) is 9.36 Å². The molecular formula is C21H23N5O3S. The quantitative estimate of drug-likeness (QED) is 0.655. The first-order valence-corrected chi connectivity index (χ1v) is 11.3. The van der Waals surface area contributed by atoms with Gasteiger partial charge in [-0.05, 0) is 37.5 Å². The summed E-state index contributed by atoms with van der Waals surface area (Å²) in [5, 5.41) is 2.92. The largest absolute Gasteiger partial charge is 0.344 e. The lowest BCUT2D eigenvalue weighted by Crippen LogP contribution is -2.28. The van der Waals surface area contributed by atoms with Gasteiger partial charge in [0.05, 0.1) is 6.04 Å². The molecule has 0 bridgehead atoms. The molecule has 3 aromatic rings. The van der Waals surface area contributed by atoms with E-state index in [9.17, 15) is 13.2 Å². The molecule has 156 valence electrons. The molecule has 0 spiro atoms. The number of nitrogens with zero attached hydrogens (tertiary/aromatic N) is 4. The molecule has 0 radical (unpaired) electrons. The number of hydrogen-bond acceptors (Lipinski definition) is 5. The molecule has 30 heavy (non-hydrogen) atoms. The van der Waals surface area contributed by atoms with Crippen molar-refractivity contribution < 1.29 is 13.2 Å². The highest BCUT2D eigenvalue weighted by atomic mass is 32.2. The van der Waals surface area contributed by atoms with Gasteiger partial charge in [-0.25, -0.2) is 18.4 Å². The standard InChI is InChI=1S/C21H23N5O3S/c1-16(17-7-3-2-4-8-17)24-21(27)19-14-25(15-23-19)20-10-9-18(13-22-20)30(28,29)26-11-5-6-12-26/h2-4,7-10,13-16H,5-6,11-12H2,1H3,(H,24,27)/t16-/m0/s1. The van der Waals surface area contributed by atoms with E-state index < -0.39 is 10.0 Å². The first-order chi connectivity index (χ1) is 14.4. The first-order valence-electron chi connectivity index (χ1n) is 9.81. The Bertz CT molecular complexity index is 1120. The van der Waals surface area contributed by atoms with Crippen LogP contribution in [-0.2, 0) is 10.0 Å². The Labute approximate surface area is 175 Å². The van der Waals surface area contributed by atoms with Crippen molar-refractivity contribution in [2.75, 3.05) is 13.1 Å². The number of carbonyl (C=O) groups is 1. The Morgan fingerprint density at radius 3 is 2.47 bits per heavy atom. The van der Waals surface area contributed by atoms with Gasteiger partial charge in [-0.1, -0.05) is 30.3 Å². The summed E-state index contributed by atoms with van der Waals surface area (Å²) in [5.74, 6) is 0.191. The van der Waals surface area contributed by atoms with Crippen molar-refractivity contribution in [1.29, 1.82) is 0 Å².